The molecule has 2 aromatic rings. The van der Waals surface area contributed by atoms with Gasteiger partial charge in [0, 0.05) is 12.8 Å². The number of carbonyl (C=O) groups excluding carboxylic acids is 2. The largest absolute Gasteiger partial charge is 0.390 e. The monoisotopic (exact) mass is 414 g/mol. The van der Waals surface area contributed by atoms with Crippen LogP contribution in [0.15, 0.2) is 36.4 Å². The maximum atomic E-state index is 12.3. The molecule has 4 atom stereocenters. The Balaban J connectivity index is 2.00. The van der Waals surface area contributed by atoms with Gasteiger partial charge >= 0.3 is 0 Å². The summed E-state index contributed by atoms with van der Waals surface area (Å²) < 4.78 is 0. The van der Waals surface area contributed by atoms with Crippen LogP contribution in [0.5, 0.6) is 0 Å². The maximum absolute atomic E-state index is 12.3. The summed E-state index contributed by atoms with van der Waals surface area (Å²) in [6.45, 7) is 7.70. The number of rotatable bonds is 9. The first-order valence-electron chi connectivity index (χ1n) is 9.93. The van der Waals surface area contributed by atoms with E-state index in [1.807, 2.05) is 52.0 Å². The summed E-state index contributed by atoms with van der Waals surface area (Å²) in [4.78, 5) is 24.5. The summed E-state index contributed by atoms with van der Waals surface area (Å²) in [6.07, 6.45) is -7.03. The lowest BCUT2D eigenvalue weighted by Crippen LogP contribution is -2.47. The number of ketones is 2. The van der Waals surface area contributed by atoms with Gasteiger partial charge in [0.2, 0.25) is 11.6 Å². The zero-order valence-corrected chi connectivity index (χ0v) is 17.8. The summed E-state index contributed by atoms with van der Waals surface area (Å²) >= 11 is 0. The van der Waals surface area contributed by atoms with Gasteiger partial charge in [0.15, 0.2) is 0 Å². The number of hydrogen-bond acceptors (Lipinski definition) is 6. The van der Waals surface area contributed by atoms with Gasteiger partial charge < -0.3 is 20.4 Å². The molecule has 0 bridgehead atoms. The minimum atomic E-state index is -1.98. The minimum Gasteiger partial charge on any atom is -0.390 e. The summed E-state index contributed by atoms with van der Waals surface area (Å²) in [5.41, 5.74) is 5.56. The van der Waals surface area contributed by atoms with Crippen molar-refractivity contribution in [2.24, 2.45) is 0 Å². The van der Waals surface area contributed by atoms with Crippen molar-refractivity contribution >= 4 is 11.6 Å². The number of hydrogen-bond donors (Lipinski definition) is 4. The highest BCUT2D eigenvalue weighted by molar-refractivity contribution is 6.40. The fourth-order valence-electron chi connectivity index (χ4n) is 3.21. The predicted molar refractivity (Wildman–Crippen MR) is 113 cm³/mol. The highest BCUT2D eigenvalue weighted by Crippen LogP contribution is 2.15. The second-order valence-corrected chi connectivity index (χ2v) is 8.00. The SMILES string of the molecule is Cc1ccc(CC(O)[C@H](O)C(=O)C(=O)[C@H](O)C(O)Cc2ccc(C)c(C)c2)cc1C. The Kier molecular flexibility index (Phi) is 8.03. The van der Waals surface area contributed by atoms with Gasteiger partial charge in [-0.25, -0.2) is 0 Å². The molecule has 162 valence electrons. The van der Waals surface area contributed by atoms with Crippen LogP contribution in [0, 0.1) is 27.7 Å². The first-order valence-corrected chi connectivity index (χ1v) is 9.93. The van der Waals surface area contributed by atoms with E-state index in [1.54, 1.807) is 12.1 Å². The van der Waals surface area contributed by atoms with E-state index in [1.165, 1.54) is 0 Å². The molecule has 2 unspecified atom stereocenters. The van der Waals surface area contributed by atoms with Crippen molar-refractivity contribution in [2.45, 2.75) is 65.0 Å². The van der Waals surface area contributed by atoms with Gasteiger partial charge in [0.05, 0.1) is 12.2 Å². The fourth-order valence-corrected chi connectivity index (χ4v) is 3.21. The fraction of sp³-hybridized carbons (Fsp3) is 0.417. The molecule has 6 heteroatoms. The first kappa shape index (κ1) is 23.9. The molecule has 0 amide bonds. The highest BCUT2D eigenvalue weighted by Gasteiger charge is 2.36. The van der Waals surface area contributed by atoms with Crippen molar-refractivity contribution in [2.75, 3.05) is 0 Å². The zero-order valence-electron chi connectivity index (χ0n) is 17.8. The molecule has 0 saturated carbocycles. The molecule has 0 heterocycles. The lowest BCUT2D eigenvalue weighted by Gasteiger charge is -2.20. The van der Waals surface area contributed by atoms with E-state index in [0.717, 1.165) is 22.3 Å². The van der Waals surface area contributed by atoms with Crippen molar-refractivity contribution in [3.05, 3.63) is 69.8 Å². The van der Waals surface area contributed by atoms with Gasteiger partial charge in [-0.15, -0.1) is 0 Å². The average Bonchev–Trinajstić information content (AvgIpc) is 2.71. The summed E-state index contributed by atoms with van der Waals surface area (Å²) in [6, 6.07) is 10.9. The molecule has 0 saturated heterocycles. The van der Waals surface area contributed by atoms with Crippen molar-refractivity contribution in [3.8, 4) is 0 Å². The van der Waals surface area contributed by atoms with Gasteiger partial charge in [-0.3, -0.25) is 9.59 Å². The van der Waals surface area contributed by atoms with E-state index in [0.29, 0.717) is 11.1 Å². The number of aliphatic hydroxyl groups is 4. The Bertz CT molecular complexity index is 844. The van der Waals surface area contributed by atoms with Crippen molar-refractivity contribution in [1.82, 2.24) is 0 Å². The van der Waals surface area contributed by atoms with E-state index in [9.17, 15) is 30.0 Å². The maximum Gasteiger partial charge on any atom is 0.232 e. The van der Waals surface area contributed by atoms with E-state index in [2.05, 4.69) is 0 Å². The second kappa shape index (κ2) is 10.1. The van der Waals surface area contributed by atoms with Crippen molar-refractivity contribution in [3.63, 3.8) is 0 Å². The van der Waals surface area contributed by atoms with E-state index in [4.69, 9.17) is 0 Å². The van der Waals surface area contributed by atoms with Crippen LogP contribution in [0.4, 0.5) is 0 Å². The molecule has 0 aliphatic heterocycles. The first-order chi connectivity index (χ1) is 14.0. The van der Waals surface area contributed by atoms with Gasteiger partial charge in [0.25, 0.3) is 0 Å². The Labute approximate surface area is 176 Å². The molecule has 0 aliphatic rings. The number of carbonyl (C=O) groups is 2. The lowest BCUT2D eigenvalue weighted by atomic mass is 9.93. The van der Waals surface area contributed by atoms with Gasteiger partial charge in [-0.1, -0.05) is 36.4 Å². The molecule has 2 rings (SSSR count). The predicted octanol–water partition coefficient (Wildman–Crippen LogP) is 1.29. The molecule has 30 heavy (non-hydrogen) atoms. The topological polar surface area (TPSA) is 115 Å². The second-order valence-electron chi connectivity index (χ2n) is 8.00. The third kappa shape index (κ3) is 5.83. The molecular formula is C24H30O6. The van der Waals surface area contributed by atoms with E-state index < -0.39 is 36.0 Å². The van der Waals surface area contributed by atoms with Crippen LogP contribution in [-0.2, 0) is 22.4 Å². The van der Waals surface area contributed by atoms with Crippen LogP contribution in [0.1, 0.15) is 33.4 Å². The van der Waals surface area contributed by atoms with Crippen LogP contribution in [-0.4, -0.2) is 56.4 Å². The van der Waals surface area contributed by atoms with Crippen molar-refractivity contribution < 1.29 is 30.0 Å². The van der Waals surface area contributed by atoms with Crippen LogP contribution >= 0.6 is 0 Å². The minimum absolute atomic E-state index is 0.0252. The summed E-state index contributed by atoms with van der Waals surface area (Å²) in [5, 5.41) is 40.6. The average molecular weight is 414 g/mol. The quantitative estimate of drug-likeness (QED) is 0.460. The summed E-state index contributed by atoms with van der Waals surface area (Å²) in [5.74, 6) is -2.64. The van der Waals surface area contributed by atoms with Crippen LogP contribution < -0.4 is 0 Å². The van der Waals surface area contributed by atoms with E-state index >= 15 is 0 Å². The normalized spacial score (nSPS) is 15.3. The standard InChI is InChI=1S/C24H30O6/c1-13-5-7-17(9-15(13)3)11-19(25)21(27)23(29)24(30)22(28)20(26)12-18-8-6-14(2)16(4)10-18/h5-10,19-22,25-28H,11-12H2,1-4H3/t19?,20?,21-,22+. The number of aryl methyl sites for hydroxylation is 4. The van der Waals surface area contributed by atoms with Crippen LogP contribution in [0.3, 0.4) is 0 Å². The van der Waals surface area contributed by atoms with Gasteiger partial charge in [0.1, 0.15) is 12.2 Å². The van der Waals surface area contributed by atoms with Crippen LogP contribution in [0.25, 0.3) is 0 Å². The third-order valence-corrected chi connectivity index (χ3v) is 5.54. The van der Waals surface area contributed by atoms with Gasteiger partial charge in [-0.2, -0.15) is 0 Å². The molecule has 0 fully saturated rings. The molecule has 0 aromatic heterocycles. The lowest BCUT2D eigenvalue weighted by molar-refractivity contribution is -0.152. The molecule has 0 radical (unpaired) electrons. The molecular weight excluding hydrogens is 384 g/mol. The number of Topliss-reactive ketones (excluding diaryl/α,β-unsaturated/α-hetero) is 2. The number of benzene rings is 2. The molecule has 0 spiro atoms. The van der Waals surface area contributed by atoms with E-state index in [-0.39, 0.29) is 12.8 Å². The van der Waals surface area contributed by atoms with Gasteiger partial charge in [-0.05, 0) is 61.1 Å². The summed E-state index contributed by atoms with van der Waals surface area (Å²) in [7, 11) is 0. The smallest absolute Gasteiger partial charge is 0.232 e. The highest BCUT2D eigenvalue weighted by atomic mass is 16.3. The van der Waals surface area contributed by atoms with Crippen LogP contribution in [0.2, 0.25) is 0 Å². The zero-order chi connectivity index (χ0) is 22.6. The Hall–Kier alpha value is -2.38. The third-order valence-electron chi connectivity index (χ3n) is 5.54. The molecule has 0 aliphatic carbocycles. The Morgan fingerprint density at radius 2 is 0.967 bits per heavy atom. The molecule has 6 nitrogen and oxygen atoms in total. The number of aliphatic hydroxyl groups excluding tert-OH is 4. The molecule has 2 aromatic carbocycles. The Morgan fingerprint density at radius 3 is 1.27 bits per heavy atom. The van der Waals surface area contributed by atoms with Crippen molar-refractivity contribution in [1.29, 1.82) is 0 Å². The molecule has 4 N–H and O–H groups in total. The Morgan fingerprint density at radius 1 is 0.633 bits per heavy atom.